The second-order valence-corrected chi connectivity index (χ2v) is 4.28. The molecule has 2 aromatic rings. The maximum Gasteiger partial charge on any atom is 0.273 e. The van der Waals surface area contributed by atoms with E-state index < -0.39 is 0 Å². The molecule has 94 valence electrons. The van der Waals surface area contributed by atoms with Gasteiger partial charge in [0.2, 0.25) is 5.89 Å². The van der Waals surface area contributed by atoms with Crippen LogP contribution in [0.3, 0.4) is 0 Å². The number of aromatic nitrogens is 5. The average Bonchev–Trinajstić information content (AvgIpc) is 2.87. The summed E-state index contributed by atoms with van der Waals surface area (Å²) in [6.45, 7) is 2.05. The summed E-state index contributed by atoms with van der Waals surface area (Å²) in [6.07, 6.45) is 3.66. The molecule has 3 rings (SSSR count). The number of nitrogens with zero attached hydrogens (tertiary/aromatic N) is 5. The van der Waals surface area contributed by atoms with Crippen molar-refractivity contribution >= 4 is 5.91 Å². The Morgan fingerprint density at radius 2 is 2.44 bits per heavy atom. The van der Waals surface area contributed by atoms with E-state index in [4.69, 9.17) is 4.52 Å². The first-order chi connectivity index (χ1) is 8.70. The molecule has 1 aliphatic rings. The fraction of sp³-hybridized carbons (Fsp3) is 0.500. The molecule has 1 fully saturated rings. The van der Waals surface area contributed by atoms with E-state index in [1.807, 2.05) is 0 Å². The Labute approximate surface area is 102 Å². The van der Waals surface area contributed by atoms with Crippen LogP contribution in [0.15, 0.2) is 10.7 Å². The van der Waals surface area contributed by atoms with E-state index >= 15 is 0 Å². The summed E-state index contributed by atoms with van der Waals surface area (Å²) in [5.74, 6) is 0.816. The zero-order chi connectivity index (χ0) is 12.5. The number of amides is 1. The standard InChI is InChI=1S/C10H12N6O2/c1-6-11-9(14-18-6)5-16-4-8(13-15-16)10(17)12-7-2-3-7/h4,7H,2-3,5H2,1H3,(H,12,17). The van der Waals surface area contributed by atoms with Crippen molar-refractivity contribution in [2.24, 2.45) is 0 Å². The maximum absolute atomic E-state index is 11.7. The van der Waals surface area contributed by atoms with Crippen LogP contribution in [0.2, 0.25) is 0 Å². The van der Waals surface area contributed by atoms with E-state index in [1.165, 1.54) is 4.68 Å². The minimum atomic E-state index is -0.187. The molecule has 0 aliphatic heterocycles. The van der Waals surface area contributed by atoms with Gasteiger partial charge in [0.15, 0.2) is 11.5 Å². The fourth-order valence-corrected chi connectivity index (χ4v) is 1.52. The Morgan fingerprint density at radius 3 is 3.11 bits per heavy atom. The molecule has 1 aliphatic carbocycles. The summed E-state index contributed by atoms with van der Waals surface area (Å²) in [5, 5.41) is 14.3. The van der Waals surface area contributed by atoms with Crippen LogP contribution in [-0.2, 0) is 6.54 Å². The van der Waals surface area contributed by atoms with Crippen LogP contribution >= 0.6 is 0 Å². The second-order valence-electron chi connectivity index (χ2n) is 4.28. The third-order valence-corrected chi connectivity index (χ3v) is 2.56. The first kappa shape index (κ1) is 10.9. The summed E-state index contributed by atoms with van der Waals surface area (Å²) in [4.78, 5) is 15.7. The van der Waals surface area contributed by atoms with E-state index in [1.54, 1.807) is 13.1 Å². The number of hydrogen-bond donors (Lipinski definition) is 1. The number of carbonyl (C=O) groups excluding carboxylic acids is 1. The Bertz CT molecular complexity index is 570. The van der Waals surface area contributed by atoms with Gasteiger partial charge < -0.3 is 9.84 Å². The van der Waals surface area contributed by atoms with Gasteiger partial charge in [0.05, 0.1) is 6.20 Å². The monoisotopic (exact) mass is 248 g/mol. The lowest BCUT2D eigenvalue weighted by Gasteiger charge is -1.97. The molecule has 0 atom stereocenters. The molecule has 0 unspecified atom stereocenters. The zero-order valence-electron chi connectivity index (χ0n) is 9.83. The van der Waals surface area contributed by atoms with Crippen molar-refractivity contribution in [1.82, 2.24) is 30.5 Å². The Balaban J connectivity index is 1.66. The van der Waals surface area contributed by atoms with Crippen molar-refractivity contribution in [2.45, 2.75) is 32.4 Å². The number of carbonyl (C=O) groups is 1. The lowest BCUT2D eigenvalue weighted by Crippen LogP contribution is -2.25. The largest absolute Gasteiger partial charge is 0.348 e. The third-order valence-electron chi connectivity index (χ3n) is 2.56. The lowest BCUT2D eigenvalue weighted by molar-refractivity contribution is 0.0946. The summed E-state index contributed by atoms with van der Waals surface area (Å²) in [6, 6.07) is 0.308. The Morgan fingerprint density at radius 1 is 1.61 bits per heavy atom. The van der Waals surface area contributed by atoms with E-state index in [-0.39, 0.29) is 5.91 Å². The average molecular weight is 248 g/mol. The first-order valence-corrected chi connectivity index (χ1v) is 5.71. The lowest BCUT2D eigenvalue weighted by atomic mass is 10.4. The van der Waals surface area contributed by atoms with Gasteiger partial charge in [0.1, 0.15) is 6.54 Å². The fourth-order valence-electron chi connectivity index (χ4n) is 1.52. The van der Waals surface area contributed by atoms with E-state index in [0.717, 1.165) is 12.8 Å². The summed E-state index contributed by atoms with van der Waals surface area (Å²) in [5.41, 5.74) is 0.308. The normalized spacial score (nSPS) is 14.7. The van der Waals surface area contributed by atoms with Gasteiger partial charge in [-0.2, -0.15) is 4.98 Å². The summed E-state index contributed by atoms with van der Waals surface area (Å²) < 4.78 is 6.36. The maximum atomic E-state index is 11.7. The molecule has 0 saturated heterocycles. The van der Waals surface area contributed by atoms with E-state index in [2.05, 4.69) is 25.8 Å². The highest BCUT2D eigenvalue weighted by Gasteiger charge is 2.25. The molecular weight excluding hydrogens is 236 g/mol. The molecule has 0 bridgehead atoms. The zero-order valence-corrected chi connectivity index (χ0v) is 9.83. The topological polar surface area (TPSA) is 98.7 Å². The van der Waals surface area contributed by atoms with Crippen LogP contribution < -0.4 is 5.32 Å². The molecule has 0 radical (unpaired) electrons. The molecule has 1 amide bonds. The van der Waals surface area contributed by atoms with E-state index in [9.17, 15) is 4.79 Å². The molecule has 2 heterocycles. The van der Waals surface area contributed by atoms with Crippen LogP contribution in [0.4, 0.5) is 0 Å². The van der Waals surface area contributed by atoms with Gasteiger partial charge >= 0.3 is 0 Å². The quantitative estimate of drug-likeness (QED) is 0.811. The molecule has 18 heavy (non-hydrogen) atoms. The number of aryl methyl sites for hydroxylation is 1. The van der Waals surface area contributed by atoms with Crippen molar-refractivity contribution in [3.63, 3.8) is 0 Å². The number of nitrogens with one attached hydrogen (secondary N) is 1. The molecule has 8 heteroatoms. The molecule has 1 saturated carbocycles. The van der Waals surface area contributed by atoms with Crippen LogP contribution in [0, 0.1) is 6.92 Å². The van der Waals surface area contributed by atoms with Crippen LogP contribution in [0.1, 0.15) is 35.0 Å². The third kappa shape index (κ3) is 2.36. The highest BCUT2D eigenvalue weighted by molar-refractivity contribution is 5.92. The van der Waals surface area contributed by atoms with Gasteiger partial charge in [-0.1, -0.05) is 10.4 Å². The molecule has 0 spiro atoms. The molecule has 8 nitrogen and oxygen atoms in total. The second kappa shape index (κ2) is 4.21. The molecule has 0 aromatic carbocycles. The van der Waals surface area contributed by atoms with Crippen LogP contribution in [0.25, 0.3) is 0 Å². The summed E-state index contributed by atoms with van der Waals surface area (Å²) in [7, 11) is 0. The van der Waals surface area contributed by atoms with Crippen molar-refractivity contribution in [2.75, 3.05) is 0 Å². The predicted molar refractivity (Wildman–Crippen MR) is 58.6 cm³/mol. The highest BCUT2D eigenvalue weighted by atomic mass is 16.5. The number of hydrogen-bond acceptors (Lipinski definition) is 6. The minimum absolute atomic E-state index is 0.187. The van der Waals surface area contributed by atoms with Crippen molar-refractivity contribution in [3.8, 4) is 0 Å². The number of rotatable bonds is 4. The predicted octanol–water partition coefficient (Wildman–Crippen LogP) is -0.0900. The van der Waals surface area contributed by atoms with Gasteiger partial charge in [-0.15, -0.1) is 5.10 Å². The van der Waals surface area contributed by atoms with Gasteiger partial charge in [0, 0.05) is 13.0 Å². The van der Waals surface area contributed by atoms with E-state index in [0.29, 0.717) is 30.0 Å². The van der Waals surface area contributed by atoms with Crippen molar-refractivity contribution in [3.05, 3.63) is 23.6 Å². The van der Waals surface area contributed by atoms with Gasteiger partial charge in [-0.05, 0) is 12.8 Å². The van der Waals surface area contributed by atoms with Crippen LogP contribution in [-0.4, -0.2) is 37.1 Å². The Hall–Kier alpha value is -2.25. The molecule has 2 aromatic heterocycles. The van der Waals surface area contributed by atoms with Crippen molar-refractivity contribution in [1.29, 1.82) is 0 Å². The van der Waals surface area contributed by atoms with Crippen molar-refractivity contribution < 1.29 is 9.32 Å². The van der Waals surface area contributed by atoms with Gasteiger partial charge in [-0.25, -0.2) is 4.68 Å². The highest BCUT2D eigenvalue weighted by Crippen LogP contribution is 2.18. The van der Waals surface area contributed by atoms with Gasteiger partial charge in [0.25, 0.3) is 5.91 Å². The molecular formula is C10H12N6O2. The smallest absolute Gasteiger partial charge is 0.273 e. The van der Waals surface area contributed by atoms with Gasteiger partial charge in [-0.3, -0.25) is 4.79 Å². The van der Waals surface area contributed by atoms with Crippen LogP contribution in [0.5, 0.6) is 0 Å². The minimum Gasteiger partial charge on any atom is -0.348 e. The first-order valence-electron chi connectivity index (χ1n) is 5.71. The summed E-state index contributed by atoms with van der Waals surface area (Å²) >= 11 is 0. The SMILES string of the molecule is Cc1nc(Cn2cc(C(=O)NC3CC3)nn2)no1. The molecule has 1 N–H and O–H groups in total. The Kier molecular flexibility index (Phi) is 2.54.